The Morgan fingerprint density at radius 3 is 2.59 bits per heavy atom. The molecule has 5 nitrogen and oxygen atoms in total. The van der Waals surface area contributed by atoms with Crippen molar-refractivity contribution in [1.29, 1.82) is 0 Å². The summed E-state index contributed by atoms with van der Waals surface area (Å²) in [7, 11) is 1.42. The van der Waals surface area contributed by atoms with Gasteiger partial charge in [-0.3, -0.25) is 9.88 Å². The van der Waals surface area contributed by atoms with E-state index in [4.69, 9.17) is 9.47 Å². The molecule has 0 amide bonds. The van der Waals surface area contributed by atoms with Crippen LogP contribution >= 0.6 is 0 Å². The number of ether oxygens (including phenoxy) is 2. The molecule has 0 saturated heterocycles. The fraction of sp³-hybridized carbons (Fsp3) is 0.474. The van der Waals surface area contributed by atoms with Crippen molar-refractivity contribution in [2.24, 2.45) is 0 Å². The number of rotatable bonds is 8. The third-order valence-corrected chi connectivity index (χ3v) is 4.09. The smallest absolute Gasteiger partial charge is 0.401 e. The Balaban J connectivity index is 2.49. The van der Waals surface area contributed by atoms with Crippen LogP contribution in [0, 0.1) is 6.92 Å². The topological polar surface area (TPSA) is 51.7 Å². The van der Waals surface area contributed by atoms with Gasteiger partial charge in [-0.15, -0.1) is 0 Å². The van der Waals surface area contributed by atoms with Gasteiger partial charge in [0.05, 0.1) is 36.5 Å². The van der Waals surface area contributed by atoms with Crippen LogP contribution in [0.5, 0.6) is 0 Å². The molecule has 1 aromatic heterocycles. The van der Waals surface area contributed by atoms with Gasteiger partial charge in [0.1, 0.15) is 0 Å². The van der Waals surface area contributed by atoms with E-state index in [1.165, 1.54) is 12.0 Å². The van der Waals surface area contributed by atoms with Crippen LogP contribution in [0.4, 0.5) is 13.2 Å². The van der Waals surface area contributed by atoms with E-state index >= 15 is 0 Å². The van der Waals surface area contributed by atoms with Crippen LogP contribution in [0.25, 0.3) is 10.9 Å². The summed E-state index contributed by atoms with van der Waals surface area (Å²) in [5, 5.41) is 0.767. The first-order chi connectivity index (χ1) is 12.8. The van der Waals surface area contributed by atoms with Gasteiger partial charge in [0, 0.05) is 25.6 Å². The SMILES string of the molecule is CCOC(=O)c1c(CN(CCOC)CC(F)(F)F)nc2ccccc2c1C. The van der Waals surface area contributed by atoms with Crippen molar-refractivity contribution in [3.05, 3.63) is 41.1 Å². The highest BCUT2D eigenvalue weighted by Crippen LogP contribution is 2.26. The van der Waals surface area contributed by atoms with E-state index in [0.717, 1.165) is 5.39 Å². The van der Waals surface area contributed by atoms with E-state index in [2.05, 4.69) is 4.98 Å². The third-order valence-electron chi connectivity index (χ3n) is 4.09. The van der Waals surface area contributed by atoms with Crippen molar-refractivity contribution in [2.75, 3.05) is 33.4 Å². The zero-order valence-corrected chi connectivity index (χ0v) is 15.6. The second-order valence-corrected chi connectivity index (χ2v) is 6.11. The average Bonchev–Trinajstić information content (AvgIpc) is 2.58. The lowest BCUT2D eigenvalue weighted by Crippen LogP contribution is -2.36. The number of pyridine rings is 1. The normalized spacial score (nSPS) is 12.0. The zero-order valence-electron chi connectivity index (χ0n) is 15.6. The van der Waals surface area contributed by atoms with Gasteiger partial charge in [-0.2, -0.15) is 13.2 Å². The molecule has 0 fully saturated rings. The second-order valence-electron chi connectivity index (χ2n) is 6.11. The number of hydrogen-bond donors (Lipinski definition) is 0. The Kier molecular flexibility index (Phi) is 7.15. The lowest BCUT2D eigenvalue weighted by molar-refractivity contribution is -0.148. The first-order valence-corrected chi connectivity index (χ1v) is 8.60. The van der Waals surface area contributed by atoms with Crippen molar-refractivity contribution in [3.8, 4) is 0 Å². The number of esters is 1. The van der Waals surface area contributed by atoms with Gasteiger partial charge in [-0.1, -0.05) is 18.2 Å². The number of alkyl halides is 3. The molecule has 2 rings (SSSR count). The van der Waals surface area contributed by atoms with Crippen molar-refractivity contribution < 1.29 is 27.4 Å². The van der Waals surface area contributed by atoms with Crippen LogP contribution < -0.4 is 0 Å². The monoisotopic (exact) mass is 384 g/mol. The van der Waals surface area contributed by atoms with E-state index < -0.39 is 18.7 Å². The minimum atomic E-state index is -4.37. The van der Waals surface area contributed by atoms with Crippen molar-refractivity contribution in [2.45, 2.75) is 26.6 Å². The molecule has 0 aliphatic heterocycles. The molecule has 0 aliphatic carbocycles. The number of aryl methyl sites for hydroxylation is 1. The predicted molar refractivity (Wildman–Crippen MR) is 95.6 cm³/mol. The third kappa shape index (κ3) is 5.64. The van der Waals surface area contributed by atoms with Gasteiger partial charge in [0.2, 0.25) is 0 Å². The van der Waals surface area contributed by atoms with Gasteiger partial charge in [0.25, 0.3) is 0 Å². The average molecular weight is 384 g/mol. The highest BCUT2D eigenvalue weighted by atomic mass is 19.4. The van der Waals surface area contributed by atoms with Crippen LogP contribution in [0.2, 0.25) is 0 Å². The summed E-state index contributed by atoms with van der Waals surface area (Å²) in [6.07, 6.45) is -4.37. The number of aromatic nitrogens is 1. The first kappa shape index (κ1) is 21.1. The van der Waals surface area contributed by atoms with Crippen molar-refractivity contribution >= 4 is 16.9 Å². The number of hydrogen-bond acceptors (Lipinski definition) is 5. The Morgan fingerprint density at radius 2 is 1.96 bits per heavy atom. The van der Waals surface area contributed by atoms with Gasteiger partial charge in [-0.05, 0) is 25.5 Å². The molecule has 8 heteroatoms. The standard InChI is InChI=1S/C19H23F3N2O3/c1-4-27-18(25)17-13(2)14-7-5-6-8-15(14)23-16(17)11-24(9-10-26-3)12-19(20,21)22/h5-8H,4,9-12H2,1-3H3. The second kappa shape index (κ2) is 9.14. The summed E-state index contributed by atoms with van der Waals surface area (Å²) in [4.78, 5) is 18.1. The van der Waals surface area contributed by atoms with Crippen LogP contribution in [-0.2, 0) is 16.0 Å². The summed E-state index contributed by atoms with van der Waals surface area (Å²) in [6, 6.07) is 7.20. The van der Waals surface area contributed by atoms with Crippen LogP contribution in [-0.4, -0.2) is 55.4 Å². The summed E-state index contributed by atoms with van der Waals surface area (Å²) in [6.45, 7) is 2.54. The van der Waals surface area contributed by atoms with Crippen LogP contribution in [0.15, 0.2) is 24.3 Å². The molecule has 2 aromatic rings. The van der Waals surface area contributed by atoms with Gasteiger partial charge in [0.15, 0.2) is 0 Å². The van der Waals surface area contributed by atoms with Gasteiger partial charge < -0.3 is 9.47 Å². The molecule has 0 unspecified atom stereocenters. The molecule has 0 bridgehead atoms. The van der Waals surface area contributed by atoms with Crippen molar-refractivity contribution in [3.63, 3.8) is 0 Å². The molecule has 0 saturated carbocycles. The minimum Gasteiger partial charge on any atom is -0.462 e. The number of carbonyl (C=O) groups excluding carboxylic acids is 1. The maximum Gasteiger partial charge on any atom is 0.401 e. The maximum atomic E-state index is 13.0. The Morgan fingerprint density at radius 1 is 1.26 bits per heavy atom. The summed E-state index contributed by atoms with van der Waals surface area (Å²) >= 11 is 0. The number of para-hydroxylation sites is 1. The van der Waals surface area contributed by atoms with E-state index in [1.807, 2.05) is 12.1 Å². The molecule has 0 radical (unpaired) electrons. The minimum absolute atomic E-state index is 0.0613. The fourth-order valence-electron chi connectivity index (χ4n) is 2.93. The molecule has 0 spiro atoms. The summed E-state index contributed by atoms with van der Waals surface area (Å²) in [5.41, 5.74) is 1.76. The molecule has 1 heterocycles. The molecule has 27 heavy (non-hydrogen) atoms. The largest absolute Gasteiger partial charge is 0.462 e. The molecule has 0 N–H and O–H groups in total. The number of halogens is 3. The van der Waals surface area contributed by atoms with Crippen LogP contribution in [0.3, 0.4) is 0 Å². The van der Waals surface area contributed by atoms with Gasteiger partial charge in [-0.25, -0.2) is 4.79 Å². The van der Waals surface area contributed by atoms with Crippen molar-refractivity contribution in [1.82, 2.24) is 9.88 Å². The van der Waals surface area contributed by atoms with E-state index in [9.17, 15) is 18.0 Å². The molecule has 148 valence electrons. The van der Waals surface area contributed by atoms with Crippen LogP contribution in [0.1, 0.15) is 28.5 Å². The molecule has 0 atom stereocenters. The Hall–Kier alpha value is -2.19. The number of methoxy groups -OCH3 is 1. The highest BCUT2D eigenvalue weighted by Gasteiger charge is 2.32. The van der Waals surface area contributed by atoms with E-state index in [-0.39, 0.29) is 37.6 Å². The molecular weight excluding hydrogens is 361 g/mol. The lowest BCUT2D eigenvalue weighted by Gasteiger charge is -2.24. The number of carbonyl (C=O) groups is 1. The molecule has 0 aliphatic rings. The molecule has 1 aromatic carbocycles. The maximum absolute atomic E-state index is 13.0. The van der Waals surface area contributed by atoms with E-state index in [0.29, 0.717) is 11.1 Å². The predicted octanol–water partition coefficient (Wildman–Crippen LogP) is 3.73. The number of nitrogens with zero attached hydrogens (tertiary/aromatic N) is 2. The quantitative estimate of drug-likeness (QED) is 0.649. The fourth-order valence-corrected chi connectivity index (χ4v) is 2.93. The zero-order chi connectivity index (χ0) is 20.0. The van der Waals surface area contributed by atoms with E-state index in [1.54, 1.807) is 26.0 Å². The Labute approximate surface area is 156 Å². The molecular formula is C19H23F3N2O3. The Bertz CT molecular complexity index is 794. The highest BCUT2D eigenvalue weighted by molar-refractivity contribution is 5.98. The summed E-state index contributed by atoms with van der Waals surface area (Å²) < 4.78 is 48.9. The summed E-state index contributed by atoms with van der Waals surface area (Å²) in [5.74, 6) is -0.582. The number of benzene rings is 1. The number of fused-ring (bicyclic) bond motifs is 1. The lowest BCUT2D eigenvalue weighted by atomic mass is 10.0. The van der Waals surface area contributed by atoms with Gasteiger partial charge >= 0.3 is 12.1 Å². The first-order valence-electron chi connectivity index (χ1n) is 8.60.